The molecule has 5 heterocycles. The SMILES string of the molecule is C.CC(C)Cc1cc(-c2[c-]cc3c4ccccc4c4ccccc4c3c2)ncc1[Si](C)(C)C.CC(C)Cc1cc(-c2ccc3c4ccccc4c4ccccc4c3c2)ncc1[Si](C)(C)C.CO.CO.Cc1ccc(-c2[c-]cccc2)nc1.F.O=S(=O)(O)C(F)(F)F.[2H]C([2H])([2H])c1ccc(-c2[c-]cccc2)nc1.[2H]C([2H])([2H])c1ccc(-c2[c-]cccc2)nc1.[Ir].[Ir]. The number of hydrogen-bond donors (Lipinski definition) is 3. The summed E-state index contributed by atoms with van der Waals surface area (Å²) in [5.74, 6) is 1.25. The molecule has 2 radical (unpaired) electrons. The second-order valence-electron chi connectivity index (χ2n) is 30.1. The Morgan fingerprint density at radius 1 is 0.387 bits per heavy atom. The third-order valence-electron chi connectivity index (χ3n) is 18.5. The van der Waals surface area contributed by atoms with E-state index in [9.17, 15) is 13.2 Å². The van der Waals surface area contributed by atoms with Gasteiger partial charge in [0.2, 0.25) is 0 Å². The predicted octanol–water partition coefficient (Wildman–Crippen LogP) is 24.7. The van der Waals surface area contributed by atoms with Crippen molar-refractivity contribution < 1.29 is 89.5 Å². The minimum atomic E-state index is -5.84. The van der Waals surface area contributed by atoms with E-state index in [2.05, 4.69) is 264 Å². The third-order valence-corrected chi connectivity index (χ3v) is 23.2. The molecule has 5 aromatic heterocycles. The van der Waals surface area contributed by atoms with E-state index >= 15 is 0 Å². The average molecular weight is 2010 g/mol. The van der Waals surface area contributed by atoms with Gasteiger partial charge in [-0.3, -0.25) is 14.2 Å². The number of aryl methyl sites for hydroxylation is 3. The van der Waals surface area contributed by atoms with Crippen molar-refractivity contribution in [3.05, 3.63) is 332 Å². The molecular formula is C100H105F4Ir2N5O5SSi2-4. The van der Waals surface area contributed by atoms with E-state index in [1.807, 2.05) is 79.9 Å². The number of hydrogen-bond acceptors (Lipinski definition) is 9. The fourth-order valence-corrected chi connectivity index (χ4v) is 16.5. The second-order valence-corrected chi connectivity index (χ2v) is 41.6. The molecule has 0 atom stereocenters. The number of pyridine rings is 5. The Hall–Kier alpha value is -9.99. The Balaban J connectivity index is 0.000000277. The summed E-state index contributed by atoms with van der Waals surface area (Å²) in [6.45, 7) is 21.5. The Morgan fingerprint density at radius 3 is 1.00 bits per heavy atom. The quantitative estimate of drug-likeness (QED) is 0.0284. The first kappa shape index (κ1) is 89.8. The van der Waals surface area contributed by atoms with Crippen molar-refractivity contribution in [3.63, 3.8) is 0 Å². The summed E-state index contributed by atoms with van der Waals surface area (Å²) in [6, 6.07) is 97.2. The zero-order chi connectivity index (χ0) is 88.2. The van der Waals surface area contributed by atoms with Gasteiger partial charge in [0.15, 0.2) is 0 Å². The second kappa shape index (κ2) is 46.0. The number of halogens is 4. The summed E-state index contributed by atoms with van der Waals surface area (Å²) in [5, 5.41) is 32.5. The number of fused-ring (bicyclic) bond motifs is 12. The zero-order valence-corrected chi connectivity index (χ0v) is 75.7. The van der Waals surface area contributed by atoms with E-state index in [4.69, 9.17) is 41.4 Å². The maximum atomic E-state index is 10.7. The molecule has 0 saturated carbocycles. The molecule has 0 aliphatic heterocycles. The van der Waals surface area contributed by atoms with Gasteiger partial charge in [-0.25, -0.2) is 0 Å². The van der Waals surface area contributed by atoms with Crippen LogP contribution in [0.25, 0.3) is 121 Å². The number of aromatic nitrogens is 5. The van der Waals surface area contributed by atoms with E-state index in [0.29, 0.717) is 11.8 Å². The molecule has 16 rings (SSSR count). The van der Waals surface area contributed by atoms with Gasteiger partial charge in [0, 0.05) is 99.2 Å². The van der Waals surface area contributed by atoms with E-state index < -0.39 is 45.5 Å². The zero-order valence-electron chi connectivity index (χ0n) is 74.1. The van der Waals surface area contributed by atoms with Crippen LogP contribution in [0, 0.1) is 56.7 Å². The maximum Gasteiger partial charge on any atom is 0.522 e. The van der Waals surface area contributed by atoms with Gasteiger partial charge in [-0.05, 0) is 161 Å². The van der Waals surface area contributed by atoms with Crippen LogP contribution < -0.4 is 10.4 Å². The maximum absolute atomic E-state index is 10.7. The average Bonchev–Trinajstić information content (AvgIpc) is 0.744. The van der Waals surface area contributed by atoms with Gasteiger partial charge in [0.25, 0.3) is 0 Å². The smallest absolute Gasteiger partial charge is 0.400 e. The molecule has 0 aliphatic rings. The number of rotatable bonds is 11. The van der Waals surface area contributed by atoms with Crippen LogP contribution in [-0.2, 0) is 63.2 Å². The Kier molecular flexibility index (Phi) is 34.7. The third kappa shape index (κ3) is 26.8. The molecule has 10 nitrogen and oxygen atoms in total. The number of benzene rings is 11. The Labute approximate surface area is 737 Å². The largest absolute Gasteiger partial charge is 0.522 e. The van der Waals surface area contributed by atoms with Crippen molar-refractivity contribution in [2.45, 2.75) is 113 Å². The summed E-state index contributed by atoms with van der Waals surface area (Å²) in [7, 11) is -6.73. The van der Waals surface area contributed by atoms with Crippen LogP contribution in [0.5, 0.6) is 0 Å². The van der Waals surface area contributed by atoms with Gasteiger partial charge >= 0.3 is 15.6 Å². The monoisotopic (exact) mass is 2010 g/mol. The van der Waals surface area contributed by atoms with Crippen molar-refractivity contribution in [2.75, 3.05) is 14.2 Å². The molecule has 119 heavy (non-hydrogen) atoms. The minimum Gasteiger partial charge on any atom is -0.400 e. The normalized spacial score (nSPS) is 11.9. The number of nitrogens with zero attached hydrogens (tertiary/aromatic N) is 5. The molecule has 0 fully saturated rings. The van der Waals surface area contributed by atoms with E-state index in [0.717, 1.165) is 77.8 Å². The van der Waals surface area contributed by atoms with Crippen LogP contribution in [0.3, 0.4) is 0 Å². The summed E-state index contributed by atoms with van der Waals surface area (Å²) >= 11 is 0. The van der Waals surface area contributed by atoms with Crippen LogP contribution in [0.1, 0.15) is 71.2 Å². The first-order chi connectivity index (χ1) is 57.4. The van der Waals surface area contributed by atoms with Gasteiger partial charge in [0.1, 0.15) is 0 Å². The summed E-state index contributed by atoms with van der Waals surface area (Å²) in [5.41, 5.74) is 8.69. The van der Waals surface area contributed by atoms with E-state index in [1.54, 1.807) is 36.4 Å². The summed E-state index contributed by atoms with van der Waals surface area (Å²) in [6.07, 6.45) is 11.2. The van der Waals surface area contributed by atoms with Crippen LogP contribution in [0.2, 0.25) is 39.3 Å². The molecular weight excluding hydrogens is 1900 g/mol. The van der Waals surface area contributed by atoms with Crippen molar-refractivity contribution in [1.29, 1.82) is 0 Å². The van der Waals surface area contributed by atoms with E-state index in [1.165, 1.54) is 110 Å². The van der Waals surface area contributed by atoms with Crippen molar-refractivity contribution in [3.8, 4) is 56.3 Å². The van der Waals surface area contributed by atoms with Gasteiger partial charge < -0.3 is 30.1 Å². The fourth-order valence-electron chi connectivity index (χ4n) is 13.3. The molecule has 0 amide bonds. The topological polar surface area (TPSA) is 159 Å². The van der Waals surface area contributed by atoms with Crippen molar-refractivity contribution in [1.82, 2.24) is 24.9 Å². The first-order valence-electron chi connectivity index (χ1n) is 40.7. The first-order valence-corrected chi connectivity index (χ1v) is 46.1. The van der Waals surface area contributed by atoms with Crippen LogP contribution in [0.4, 0.5) is 17.9 Å². The number of aliphatic hydroxyl groups excluding tert-OH is 2. The summed E-state index contributed by atoms with van der Waals surface area (Å²) < 4.78 is 101. The molecule has 0 aliphatic carbocycles. The minimum absolute atomic E-state index is 0. The molecule has 11 aromatic carbocycles. The van der Waals surface area contributed by atoms with Crippen LogP contribution in [0.15, 0.2) is 280 Å². The van der Waals surface area contributed by atoms with E-state index in [-0.39, 0.29) is 63.5 Å². The molecule has 624 valence electrons. The van der Waals surface area contributed by atoms with Gasteiger partial charge in [-0.1, -0.05) is 248 Å². The van der Waals surface area contributed by atoms with Gasteiger partial charge in [-0.15, -0.1) is 131 Å². The Morgan fingerprint density at radius 2 is 0.689 bits per heavy atom. The fraction of sp³-hybridized carbons (Fsp3) is 0.210. The Bertz CT molecular complexity index is 5860. The predicted molar refractivity (Wildman–Crippen MR) is 489 cm³/mol. The molecule has 0 unspecified atom stereocenters. The number of alkyl halides is 3. The standard InChI is InChI=1S/C30H31NSi.C30H30NSi.3C12H10N.CHF3O3S.2CH4O.CH4.FH.2Ir/c2*1-20(2)16-22-18-29(31-19-30(22)32(3,4)5)21-14-15-27-25-12-7-6-10-23(25)24-11-8-9-13-26(24)28(27)17-21;3*1-10-7-8-12(13-9-10)11-5-3-2-4-6-11;2-1(3,4)8(5,6)7;2*1-2;;;;/h6-15,17-20H,16H2,1-5H3;6-13,15,17-20H,16H2,1-5H3;3*2-5,7-9H,1H3;(H,5,6,7);2*2H,1H3;1H4;1H;;/q;4*-1;;;;;;;/i;;2*1D3;;;;;;;;. The molecule has 16 aromatic rings. The molecule has 0 bridgehead atoms. The number of aliphatic hydroxyl groups is 2. The van der Waals surface area contributed by atoms with Crippen LogP contribution in [-0.4, -0.2) is 84.0 Å². The molecule has 3 N–H and O–H groups in total. The summed E-state index contributed by atoms with van der Waals surface area (Å²) in [4.78, 5) is 22.5. The van der Waals surface area contributed by atoms with Crippen molar-refractivity contribution in [2.24, 2.45) is 11.8 Å². The van der Waals surface area contributed by atoms with Crippen molar-refractivity contribution >= 4 is 101 Å². The molecule has 0 spiro atoms. The molecule has 19 heteroatoms. The van der Waals surface area contributed by atoms with Gasteiger partial charge in [-0.2, -0.15) is 21.6 Å². The van der Waals surface area contributed by atoms with Gasteiger partial charge in [0.05, 0.1) is 21.8 Å². The van der Waals surface area contributed by atoms with Crippen LogP contribution >= 0.6 is 0 Å². The molecule has 0 saturated heterocycles.